The number of ether oxygens (including phenoxy) is 1. The summed E-state index contributed by atoms with van der Waals surface area (Å²) < 4.78 is 32.5. The van der Waals surface area contributed by atoms with Crippen molar-refractivity contribution < 1.29 is 17.9 Å². The van der Waals surface area contributed by atoms with Gasteiger partial charge in [0.25, 0.3) is 5.91 Å². The highest BCUT2D eigenvalue weighted by Gasteiger charge is 2.25. The minimum Gasteiger partial charge on any atom is -0.497 e. The number of nitrogens with zero attached hydrogens (tertiary/aromatic N) is 2. The molecular weight excluding hydrogens is 386 g/mol. The summed E-state index contributed by atoms with van der Waals surface area (Å²) in [5.74, 6) is 0.359. The zero-order chi connectivity index (χ0) is 19.9. The van der Waals surface area contributed by atoms with E-state index in [1.165, 1.54) is 34.9 Å². The second-order valence-corrected chi connectivity index (χ2v) is 8.78. The highest BCUT2D eigenvalue weighted by atomic mass is 32.2. The van der Waals surface area contributed by atoms with Gasteiger partial charge in [-0.3, -0.25) is 4.79 Å². The lowest BCUT2D eigenvalue weighted by atomic mass is 10.3. The molecule has 1 amide bonds. The SMILES string of the molecule is CCCNC(=O)c1csc(CN(CCC)S(=O)(=O)c2ccc(OC)cc2)n1. The van der Waals surface area contributed by atoms with E-state index in [0.717, 1.165) is 6.42 Å². The fraction of sp³-hybridized carbons (Fsp3) is 0.444. The minimum atomic E-state index is -3.67. The van der Waals surface area contributed by atoms with Gasteiger partial charge in [-0.25, -0.2) is 13.4 Å². The quantitative estimate of drug-likeness (QED) is 0.649. The molecule has 0 aliphatic heterocycles. The third-order valence-electron chi connectivity index (χ3n) is 3.80. The molecule has 0 aliphatic rings. The van der Waals surface area contributed by atoms with Crippen LogP contribution >= 0.6 is 11.3 Å². The Labute approximate surface area is 164 Å². The lowest BCUT2D eigenvalue weighted by Crippen LogP contribution is -2.31. The monoisotopic (exact) mass is 411 g/mol. The first kappa shape index (κ1) is 21.3. The first-order valence-electron chi connectivity index (χ1n) is 8.79. The third-order valence-corrected chi connectivity index (χ3v) is 6.49. The Bertz CT molecular complexity index is 848. The van der Waals surface area contributed by atoms with Gasteiger partial charge in [-0.05, 0) is 37.1 Å². The van der Waals surface area contributed by atoms with Crippen LogP contribution in [0.15, 0.2) is 34.5 Å². The molecule has 0 fully saturated rings. The van der Waals surface area contributed by atoms with Gasteiger partial charge in [0, 0.05) is 18.5 Å². The predicted octanol–water partition coefficient (Wildman–Crippen LogP) is 2.89. The first-order chi connectivity index (χ1) is 12.9. The summed E-state index contributed by atoms with van der Waals surface area (Å²) in [7, 11) is -2.14. The molecule has 1 aromatic carbocycles. The molecule has 0 atom stereocenters. The molecule has 0 unspecified atom stereocenters. The van der Waals surface area contributed by atoms with Crippen molar-refractivity contribution in [1.82, 2.24) is 14.6 Å². The molecule has 1 aromatic heterocycles. The van der Waals surface area contributed by atoms with Crippen LogP contribution in [0.3, 0.4) is 0 Å². The van der Waals surface area contributed by atoms with E-state index in [1.54, 1.807) is 17.5 Å². The van der Waals surface area contributed by atoms with Gasteiger partial charge in [0.2, 0.25) is 10.0 Å². The molecule has 1 N–H and O–H groups in total. The number of rotatable bonds is 10. The van der Waals surface area contributed by atoms with E-state index in [9.17, 15) is 13.2 Å². The average Bonchev–Trinajstić information content (AvgIpc) is 3.14. The standard InChI is InChI=1S/C18H25N3O4S2/c1-4-10-19-18(22)16-13-26-17(20-16)12-21(11-5-2)27(23,24)15-8-6-14(25-3)7-9-15/h6-9,13H,4-5,10-12H2,1-3H3,(H,19,22). The first-order valence-corrected chi connectivity index (χ1v) is 11.1. The molecule has 7 nitrogen and oxygen atoms in total. The molecule has 1 heterocycles. The Balaban J connectivity index is 2.19. The summed E-state index contributed by atoms with van der Waals surface area (Å²) in [6.07, 6.45) is 1.51. The summed E-state index contributed by atoms with van der Waals surface area (Å²) in [4.78, 5) is 16.5. The average molecular weight is 412 g/mol. The molecule has 148 valence electrons. The van der Waals surface area contributed by atoms with E-state index >= 15 is 0 Å². The number of hydrogen-bond acceptors (Lipinski definition) is 6. The number of methoxy groups -OCH3 is 1. The van der Waals surface area contributed by atoms with Gasteiger partial charge in [0.1, 0.15) is 16.5 Å². The number of amides is 1. The van der Waals surface area contributed by atoms with Crippen LogP contribution in [0.2, 0.25) is 0 Å². The summed E-state index contributed by atoms with van der Waals surface area (Å²) in [6.45, 7) is 4.97. The topological polar surface area (TPSA) is 88.6 Å². The molecule has 27 heavy (non-hydrogen) atoms. The summed E-state index contributed by atoms with van der Waals surface area (Å²) >= 11 is 1.28. The van der Waals surface area contributed by atoms with E-state index in [0.29, 0.717) is 36.0 Å². The third kappa shape index (κ3) is 5.50. The van der Waals surface area contributed by atoms with Crippen LogP contribution in [0.1, 0.15) is 42.2 Å². The molecule has 0 spiro atoms. The summed E-state index contributed by atoms with van der Waals surface area (Å²) in [6, 6.07) is 6.30. The predicted molar refractivity (Wildman–Crippen MR) is 106 cm³/mol. The number of hydrogen-bond donors (Lipinski definition) is 1. The van der Waals surface area contributed by atoms with E-state index < -0.39 is 10.0 Å². The van der Waals surface area contributed by atoms with Crippen molar-refractivity contribution in [3.05, 3.63) is 40.3 Å². The van der Waals surface area contributed by atoms with Gasteiger partial charge in [0.15, 0.2) is 0 Å². The van der Waals surface area contributed by atoms with E-state index in [4.69, 9.17) is 4.74 Å². The second kappa shape index (κ2) is 9.82. The van der Waals surface area contributed by atoms with Crippen molar-refractivity contribution in [3.63, 3.8) is 0 Å². The number of sulfonamides is 1. The second-order valence-electron chi connectivity index (χ2n) is 5.90. The van der Waals surface area contributed by atoms with Crippen molar-refractivity contribution in [3.8, 4) is 5.75 Å². The normalized spacial score (nSPS) is 11.6. The van der Waals surface area contributed by atoms with Crippen LogP contribution in [0.25, 0.3) is 0 Å². The minimum absolute atomic E-state index is 0.133. The smallest absolute Gasteiger partial charge is 0.270 e. The van der Waals surface area contributed by atoms with Gasteiger partial charge < -0.3 is 10.1 Å². The molecule has 0 aliphatic carbocycles. The Morgan fingerprint density at radius 3 is 2.52 bits per heavy atom. The van der Waals surface area contributed by atoms with Gasteiger partial charge in [-0.15, -0.1) is 11.3 Å². The van der Waals surface area contributed by atoms with Gasteiger partial charge in [-0.2, -0.15) is 4.31 Å². The molecule has 2 aromatic rings. The number of benzene rings is 1. The van der Waals surface area contributed by atoms with Crippen LogP contribution in [0, 0.1) is 0 Å². The maximum absolute atomic E-state index is 13.0. The van der Waals surface area contributed by atoms with E-state index in [2.05, 4.69) is 10.3 Å². The van der Waals surface area contributed by atoms with Crippen LogP contribution in [-0.2, 0) is 16.6 Å². The fourth-order valence-corrected chi connectivity index (χ4v) is 4.76. The highest BCUT2D eigenvalue weighted by molar-refractivity contribution is 7.89. The summed E-state index contributed by atoms with van der Waals surface area (Å²) in [5.41, 5.74) is 0.321. The Morgan fingerprint density at radius 2 is 1.93 bits per heavy atom. The van der Waals surface area contributed by atoms with Crippen molar-refractivity contribution >= 4 is 27.3 Å². The van der Waals surface area contributed by atoms with Crippen LogP contribution in [0.5, 0.6) is 5.75 Å². The fourth-order valence-electron chi connectivity index (χ4n) is 2.40. The largest absolute Gasteiger partial charge is 0.497 e. The van der Waals surface area contributed by atoms with Crippen molar-refractivity contribution in [1.29, 1.82) is 0 Å². The maximum Gasteiger partial charge on any atom is 0.270 e. The van der Waals surface area contributed by atoms with Gasteiger partial charge in [0.05, 0.1) is 18.6 Å². The van der Waals surface area contributed by atoms with Crippen LogP contribution in [0.4, 0.5) is 0 Å². The molecule has 2 rings (SSSR count). The van der Waals surface area contributed by atoms with Gasteiger partial charge in [-0.1, -0.05) is 13.8 Å². The van der Waals surface area contributed by atoms with E-state index in [1.807, 2.05) is 13.8 Å². The van der Waals surface area contributed by atoms with E-state index in [-0.39, 0.29) is 17.3 Å². The number of carbonyl (C=O) groups excluding carboxylic acids is 1. The number of aromatic nitrogens is 1. The van der Waals surface area contributed by atoms with Crippen LogP contribution in [-0.4, -0.2) is 43.8 Å². The Hall–Kier alpha value is -1.97. The van der Waals surface area contributed by atoms with Crippen LogP contribution < -0.4 is 10.1 Å². The number of carbonyl (C=O) groups is 1. The van der Waals surface area contributed by atoms with Crippen molar-refractivity contribution in [2.45, 2.75) is 38.1 Å². The lowest BCUT2D eigenvalue weighted by Gasteiger charge is -2.20. The highest BCUT2D eigenvalue weighted by Crippen LogP contribution is 2.22. The molecular formula is C18H25N3O4S2. The molecule has 9 heteroatoms. The lowest BCUT2D eigenvalue weighted by molar-refractivity contribution is 0.0949. The molecule has 0 radical (unpaired) electrons. The Morgan fingerprint density at radius 1 is 1.22 bits per heavy atom. The van der Waals surface area contributed by atoms with Gasteiger partial charge >= 0.3 is 0 Å². The van der Waals surface area contributed by atoms with Crippen molar-refractivity contribution in [2.24, 2.45) is 0 Å². The zero-order valence-corrected chi connectivity index (χ0v) is 17.4. The zero-order valence-electron chi connectivity index (χ0n) is 15.8. The molecule has 0 saturated carbocycles. The molecule has 0 bridgehead atoms. The Kier molecular flexibility index (Phi) is 7.76. The maximum atomic E-state index is 13.0. The number of nitrogens with one attached hydrogen (secondary N) is 1. The summed E-state index contributed by atoms with van der Waals surface area (Å²) in [5, 5.41) is 5.01. The molecule has 0 saturated heterocycles. The van der Waals surface area contributed by atoms with Crippen molar-refractivity contribution in [2.75, 3.05) is 20.2 Å². The number of thiazole rings is 1.